The van der Waals surface area contributed by atoms with E-state index in [9.17, 15) is 9.59 Å². The molecule has 1 amide bonds. The first-order valence-electron chi connectivity index (χ1n) is 6.31. The molecular weight excluding hydrogens is 286 g/mol. The molecule has 5 heteroatoms. The Morgan fingerprint density at radius 1 is 1.29 bits per heavy atom. The van der Waals surface area contributed by atoms with Gasteiger partial charge in [0.05, 0.1) is 18.4 Å². The average Bonchev–Trinajstić information content (AvgIpc) is 2.99. The van der Waals surface area contributed by atoms with Crippen LogP contribution in [0.4, 0.5) is 5.69 Å². The third-order valence-electron chi connectivity index (χ3n) is 2.78. The van der Waals surface area contributed by atoms with E-state index in [1.165, 1.54) is 13.2 Å². The highest BCUT2D eigenvalue weighted by Gasteiger charge is 2.13. The number of aryl methyl sites for hydroxylation is 1. The second-order valence-corrected chi connectivity index (χ2v) is 5.36. The summed E-state index contributed by atoms with van der Waals surface area (Å²) in [5, 5.41) is 4.63. The Hall–Kier alpha value is -2.40. The maximum atomic E-state index is 11.9. The number of benzene rings is 1. The third-order valence-corrected chi connectivity index (χ3v) is 3.62. The molecule has 0 radical (unpaired) electrons. The first-order chi connectivity index (χ1) is 10.1. The lowest BCUT2D eigenvalue weighted by atomic mass is 10.1. The highest BCUT2D eigenvalue weighted by Crippen LogP contribution is 2.19. The van der Waals surface area contributed by atoms with Crippen LogP contribution < -0.4 is 5.32 Å². The maximum absolute atomic E-state index is 11.9. The largest absolute Gasteiger partial charge is 0.465 e. The van der Waals surface area contributed by atoms with E-state index in [1.54, 1.807) is 29.5 Å². The lowest BCUT2D eigenvalue weighted by Crippen LogP contribution is -2.13. The molecule has 0 aliphatic rings. The van der Waals surface area contributed by atoms with Gasteiger partial charge in [-0.2, -0.15) is 0 Å². The van der Waals surface area contributed by atoms with Crippen LogP contribution in [0.2, 0.25) is 0 Å². The highest BCUT2D eigenvalue weighted by atomic mass is 32.1. The summed E-state index contributed by atoms with van der Waals surface area (Å²) in [7, 11) is 1.31. The molecule has 4 nitrogen and oxygen atoms in total. The molecule has 0 atom stereocenters. The molecule has 0 saturated carbocycles. The van der Waals surface area contributed by atoms with Gasteiger partial charge < -0.3 is 10.1 Å². The van der Waals surface area contributed by atoms with Gasteiger partial charge in [-0.15, -0.1) is 11.3 Å². The number of nitrogens with one attached hydrogen (secondary N) is 1. The van der Waals surface area contributed by atoms with Crippen molar-refractivity contribution in [1.82, 2.24) is 0 Å². The smallest absolute Gasteiger partial charge is 0.339 e. The minimum Gasteiger partial charge on any atom is -0.465 e. The molecule has 1 N–H and O–H groups in total. The summed E-state index contributed by atoms with van der Waals surface area (Å²) >= 11 is 1.54. The number of hydrogen-bond acceptors (Lipinski definition) is 4. The molecule has 2 aromatic rings. The fourth-order valence-electron chi connectivity index (χ4n) is 1.76. The van der Waals surface area contributed by atoms with Crippen LogP contribution >= 0.6 is 11.3 Å². The number of carbonyl (C=O) groups is 2. The Morgan fingerprint density at radius 3 is 2.76 bits per heavy atom. The van der Waals surface area contributed by atoms with Crippen LogP contribution in [-0.2, 0) is 9.53 Å². The van der Waals surface area contributed by atoms with Crippen molar-refractivity contribution in [3.8, 4) is 0 Å². The van der Waals surface area contributed by atoms with Crippen molar-refractivity contribution in [2.75, 3.05) is 12.4 Å². The summed E-state index contributed by atoms with van der Waals surface area (Å²) in [6.45, 7) is 1.87. The van der Waals surface area contributed by atoms with Gasteiger partial charge in [-0.25, -0.2) is 4.79 Å². The molecule has 21 heavy (non-hydrogen) atoms. The van der Waals surface area contributed by atoms with Crippen LogP contribution in [0.5, 0.6) is 0 Å². The second-order valence-electron chi connectivity index (χ2n) is 4.38. The average molecular weight is 301 g/mol. The predicted octanol–water partition coefficient (Wildman–Crippen LogP) is 3.50. The van der Waals surface area contributed by atoms with Crippen LogP contribution in [-0.4, -0.2) is 19.0 Å². The lowest BCUT2D eigenvalue weighted by Gasteiger charge is -2.09. The summed E-state index contributed by atoms with van der Waals surface area (Å²) in [6, 6.07) is 9.03. The van der Waals surface area contributed by atoms with Crippen LogP contribution in [0, 0.1) is 6.92 Å². The predicted molar refractivity (Wildman–Crippen MR) is 84.5 cm³/mol. The van der Waals surface area contributed by atoms with E-state index in [4.69, 9.17) is 4.74 Å². The summed E-state index contributed by atoms with van der Waals surface area (Å²) in [4.78, 5) is 24.6. The van der Waals surface area contributed by atoms with Crippen LogP contribution in [0.3, 0.4) is 0 Å². The number of hydrogen-bond donors (Lipinski definition) is 1. The Balaban J connectivity index is 2.15. The van der Waals surface area contributed by atoms with E-state index in [0.717, 1.165) is 10.4 Å². The number of thiophene rings is 1. The minimum absolute atomic E-state index is 0.294. The van der Waals surface area contributed by atoms with E-state index >= 15 is 0 Å². The van der Waals surface area contributed by atoms with Crippen molar-refractivity contribution in [2.45, 2.75) is 6.92 Å². The van der Waals surface area contributed by atoms with Gasteiger partial charge in [-0.1, -0.05) is 17.7 Å². The first kappa shape index (κ1) is 15.0. The van der Waals surface area contributed by atoms with Gasteiger partial charge >= 0.3 is 5.97 Å². The molecule has 0 spiro atoms. The Morgan fingerprint density at radius 2 is 2.10 bits per heavy atom. The van der Waals surface area contributed by atoms with E-state index in [0.29, 0.717) is 11.3 Å². The van der Waals surface area contributed by atoms with Gasteiger partial charge in [0, 0.05) is 11.0 Å². The highest BCUT2D eigenvalue weighted by molar-refractivity contribution is 7.10. The SMILES string of the molecule is COC(=O)c1cc(C)ccc1NC(=O)/C=C/c1cccs1. The molecule has 1 aromatic carbocycles. The van der Waals surface area contributed by atoms with Crippen molar-refractivity contribution < 1.29 is 14.3 Å². The topological polar surface area (TPSA) is 55.4 Å². The van der Waals surface area contributed by atoms with Crippen molar-refractivity contribution in [3.05, 3.63) is 57.8 Å². The number of anilines is 1. The number of methoxy groups -OCH3 is 1. The van der Waals surface area contributed by atoms with Crippen molar-refractivity contribution >= 4 is 35.0 Å². The number of rotatable bonds is 4. The maximum Gasteiger partial charge on any atom is 0.339 e. The molecule has 0 aliphatic carbocycles. The number of carbonyl (C=O) groups excluding carboxylic acids is 2. The van der Waals surface area contributed by atoms with Crippen LogP contribution in [0.1, 0.15) is 20.8 Å². The van der Waals surface area contributed by atoms with Gasteiger partial charge in [0.15, 0.2) is 0 Å². The molecular formula is C16H15NO3S. The monoisotopic (exact) mass is 301 g/mol. The lowest BCUT2D eigenvalue weighted by molar-refractivity contribution is -0.111. The zero-order valence-electron chi connectivity index (χ0n) is 11.8. The zero-order valence-corrected chi connectivity index (χ0v) is 12.6. The summed E-state index contributed by atoms with van der Waals surface area (Å²) < 4.78 is 4.73. The zero-order chi connectivity index (χ0) is 15.2. The Labute approximate surface area is 127 Å². The van der Waals surface area contributed by atoms with E-state index < -0.39 is 5.97 Å². The molecule has 2 rings (SSSR count). The fourth-order valence-corrected chi connectivity index (χ4v) is 2.38. The number of ether oxygens (including phenoxy) is 1. The molecule has 1 heterocycles. The number of amides is 1. The van der Waals surface area contributed by atoms with Gasteiger partial charge in [0.25, 0.3) is 0 Å². The summed E-state index contributed by atoms with van der Waals surface area (Å²) in [5.74, 6) is -0.770. The Bertz CT molecular complexity index is 675. The van der Waals surface area contributed by atoms with Gasteiger partial charge in [0.2, 0.25) is 5.91 Å². The summed E-state index contributed by atoms with van der Waals surface area (Å²) in [6.07, 6.45) is 3.17. The van der Waals surface area contributed by atoms with E-state index in [-0.39, 0.29) is 5.91 Å². The molecule has 1 aromatic heterocycles. The quantitative estimate of drug-likeness (QED) is 0.694. The third kappa shape index (κ3) is 4.03. The van der Waals surface area contributed by atoms with Crippen molar-refractivity contribution in [3.63, 3.8) is 0 Å². The minimum atomic E-state index is -0.476. The van der Waals surface area contributed by atoms with Crippen LogP contribution in [0.25, 0.3) is 6.08 Å². The molecule has 0 unspecified atom stereocenters. The standard InChI is InChI=1S/C16H15NO3S/c1-11-5-7-14(13(10-11)16(19)20-2)17-15(18)8-6-12-4-3-9-21-12/h3-10H,1-2H3,(H,17,18)/b8-6+. The van der Waals surface area contributed by atoms with Crippen LogP contribution in [0.15, 0.2) is 41.8 Å². The second kappa shape index (κ2) is 6.85. The van der Waals surface area contributed by atoms with Gasteiger partial charge in [-0.3, -0.25) is 4.79 Å². The summed E-state index contributed by atoms with van der Waals surface area (Å²) in [5.41, 5.74) is 1.70. The van der Waals surface area contributed by atoms with Gasteiger partial charge in [0.1, 0.15) is 0 Å². The molecule has 108 valence electrons. The van der Waals surface area contributed by atoms with Gasteiger partial charge in [-0.05, 0) is 36.6 Å². The Kier molecular flexibility index (Phi) is 4.90. The molecule has 0 aliphatic heterocycles. The molecule has 0 fully saturated rings. The first-order valence-corrected chi connectivity index (χ1v) is 7.19. The molecule has 0 bridgehead atoms. The van der Waals surface area contributed by atoms with Crippen molar-refractivity contribution in [1.29, 1.82) is 0 Å². The molecule has 0 saturated heterocycles. The van der Waals surface area contributed by atoms with E-state index in [2.05, 4.69) is 5.32 Å². The number of esters is 1. The van der Waals surface area contributed by atoms with E-state index in [1.807, 2.05) is 30.5 Å². The van der Waals surface area contributed by atoms with Crippen molar-refractivity contribution in [2.24, 2.45) is 0 Å². The normalized spacial score (nSPS) is 10.6. The fraction of sp³-hybridized carbons (Fsp3) is 0.125.